The second-order valence-corrected chi connectivity index (χ2v) is 21.6. The van der Waals surface area contributed by atoms with Gasteiger partial charge in [-0.05, 0) is 72.2 Å². The lowest BCUT2D eigenvalue weighted by Crippen LogP contribution is -2.72. The number of ether oxygens (including phenoxy) is 4. The molecule has 72 heavy (non-hydrogen) atoms. The van der Waals surface area contributed by atoms with Crippen LogP contribution in [0.2, 0.25) is 0 Å². The van der Waals surface area contributed by atoms with Crippen LogP contribution in [0.25, 0.3) is 13.2 Å². The summed E-state index contributed by atoms with van der Waals surface area (Å²) in [7, 11) is -3.32. The van der Waals surface area contributed by atoms with Crippen LogP contribution in [-0.2, 0) is 40.3 Å². The highest BCUT2D eigenvalue weighted by Gasteiger charge is 2.55. The van der Waals surface area contributed by atoms with Crippen LogP contribution < -0.4 is 31.3 Å². The van der Waals surface area contributed by atoms with E-state index < -0.39 is 9.41 Å². The van der Waals surface area contributed by atoms with Crippen molar-refractivity contribution in [1.82, 2.24) is 29.3 Å². The van der Waals surface area contributed by atoms with E-state index in [1.807, 2.05) is 91.9 Å². The molecule has 7 N–H and O–H groups in total. The second kappa shape index (κ2) is 34.7. The molecule has 0 radical (unpaired) electrons. The van der Waals surface area contributed by atoms with E-state index in [0.717, 1.165) is 78.4 Å². The molecule has 0 atom stereocenters. The quantitative estimate of drug-likeness (QED) is 0.0125. The van der Waals surface area contributed by atoms with Crippen molar-refractivity contribution in [2.75, 3.05) is 119 Å². The van der Waals surface area contributed by atoms with Crippen molar-refractivity contribution in [3.63, 3.8) is 0 Å². The summed E-state index contributed by atoms with van der Waals surface area (Å²) in [5.41, 5.74) is 8.81. The highest BCUT2D eigenvalue weighted by molar-refractivity contribution is 8.52. The zero-order valence-electron chi connectivity index (χ0n) is 44.8. The average molecular weight is 1020 g/mol. The fourth-order valence-electron chi connectivity index (χ4n) is 7.16. The number of aryl methyl sites for hydroxylation is 2. The molecule has 4 rings (SSSR count). The van der Waals surface area contributed by atoms with Gasteiger partial charge >= 0.3 is 0 Å². The van der Waals surface area contributed by atoms with Gasteiger partial charge in [0.2, 0.25) is 0 Å². The number of nitrogens with zero attached hydrogens (tertiary/aromatic N) is 4. The Morgan fingerprint density at radius 3 is 1.43 bits per heavy atom. The zero-order chi connectivity index (χ0) is 53.0. The third-order valence-corrected chi connectivity index (χ3v) is 16.5. The van der Waals surface area contributed by atoms with E-state index in [2.05, 4.69) is 84.7 Å². The molecule has 4 aromatic carbocycles. The average Bonchev–Trinajstić information content (AvgIpc) is 3.40. The number of hydrazine groups is 2. The van der Waals surface area contributed by atoms with Gasteiger partial charge in [0.15, 0.2) is 0 Å². The van der Waals surface area contributed by atoms with E-state index in [4.69, 9.17) is 49.1 Å². The second-order valence-electron chi connectivity index (χ2n) is 16.8. The number of rotatable bonds is 35. The number of benzene rings is 4. The molecule has 0 fully saturated rings. The maximum atomic E-state index is 7.92. The first kappa shape index (κ1) is 63.4. The molecular weight excluding hydrogens is 929 g/mol. The van der Waals surface area contributed by atoms with Crippen LogP contribution in [0.1, 0.15) is 68.0 Å². The van der Waals surface area contributed by atoms with Crippen molar-refractivity contribution < 1.29 is 27.3 Å². The predicted octanol–water partition coefficient (Wildman–Crippen LogP) is 6.63. The van der Waals surface area contributed by atoms with Gasteiger partial charge in [-0.15, -0.1) is 19.0 Å². The van der Waals surface area contributed by atoms with E-state index >= 15 is 0 Å². The smallest absolute Gasteiger partial charge is 0.0964 e. The summed E-state index contributed by atoms with van der Waals surface area (Å²) in [6, 6.07) is 31.3. The Bertz CT molecular complexity index is 2210. The van der Waals surface area contributed by atoms with Gasteiger partial charge in [0, 0.05) is 56.5 Å². The van der Waals surface area contributed by atoms with Crippen molar-refractivity contribution in [2.45, 2.75) is 54.5 Å². The van der Waals surface area contributed by atoms with E-state index in [1.165, 1.54) is 17.0 Å². The van der Waals surface area contributed by atoms with Crippen LogP contribution in [0.15, 0.2) is 102 Å². The van der Waals surface area contributed by atoms with Gasteiger partial charge in [0.05, 0.1) is 72.3 Å². The van der Waals surface area contributed by atoms with Gasteiger partial charge in [0.1, 0.15) is 0 Å². The topological polar surface area (TPSA) is 187 Å². The number of nitrogens with one attached hydrogen (secondary N) is 5. The fourth-order valence-corrected chi connectivity index (χ4v) is 10.5. The Morgan fingerprint density at radius 2 is 1.00 bits per heavy atom. The number of hydrogen-bond acceptors (Lipinski definition) is 16. The molecule has 0 amide bonds. The molecule has 0 saturated carbocycles. The molecule has 0 aliphatic heterocycles. The Morgan fingerprint density at radius 1 is 0.583 bits per heavy atom. The predicted molar refractivity (Wildman–Crippen MR) is 303 cm³/mol. The minimum atomic E-state index is -5.04. The Labute approximate surface area is 431 Å². The summed E-state index contributed by atoms with van der Waals surface area (Å²) in [4.78, 5) is 7.96. The molecule has 402 valence electrons. The van der Waals surface area contributed by atoms with E-state index in [9.17, 15) is 0 Å². The first-order chi connectivity index (χ1) is 34.8. The van der Waals surface area contributed by atoms with Gasteiger partial charge < -0.3 is 39.6 Å². The SMILES string of the molecule is C=c1ccccc1=C.CCc1ccccc1CNS(C)(NNC)(OCCOCCOCCN(CC)CC)(OCCOCCOCCN(CC)CC)N(N)/N=C/c1ccccc1C=N.Cc1ccccc1C=N. The minimum Gasteiger partial charge on any atom is -0.378 e. The normalized spacial score (nSPS) is 12.4. The summed E-state index contributed by atoms with van der Waals surface area (Å²) in [5.74, 6) is 7.05. The molecule has 0 heterocycles. The molecule has 0 aromatic heterocycles. The van der Waals surface area contributed by atoms with Crippen molar-refractivity contribution >= 4 is 41.2 Å². The molecule has 0 spiro atoms. The third kappa shape index (κ3) is 21.4. The minimum absolute atomic E-state index is 0.0795. The van der Waals surface area contributed by atoms with Crippen LogP contribution in [0.4, 0.5) is 0 Å². The van der Waals surface area contributed by atoms with Gasteiger partial charge in [-0.3, -0.25) is 8.37 Å². The Hall–Kier alpha value is -4.70. The highest BCUT2D eigenvalue weighted by atomic mass is 32.4. The largest absolute Gasteiger partial charge is 0.378 e. The molecule has 16 nitrogen and oxygen atoms in total. The van der Waals surface area contributed by atoms with Crippen LogP contribution >= 0.6 is 9.41 Å². The molecule has 0 saturated heterocycles. The van der Waals surface area contributed by atoms with E-state index in [-0.39, 0.29) is 26.4 Å². The highest BCUT2D eigenvalue weighted by Crippen LogP contribution is 2.82. The van der Waals surface area contributed by atoms with Gasteiger partial charge in [-0.2, -0.15) is 4.83 Å². The number of hydrogen-bond donors (Lipinski definition) is 6. The van der Waals surface area contributed by atoms with Crippen LogP contribution in [-0.4, -0.2) is 152 Å². The van der Waals surface area contributed by atoms with Gasteiger partial charge in [0.25, 0.3) is 0 Å². The lowest BCUT2D eigenvalue weighted by Gasteiger charge is -2.83. The molecule has 0 aliphatic carbocycles. The third-order valence-electron chi connectivity index (χ3n) is 11.9. The van der Waals surface area contributed by atoms with Crippen LogP contribution in [0.3, 0.4) is 0 Å². The molecule has 0 bridgehead atoms. The number of nitrogens with two attached hydrogens (primary N) is 1. The molecule has 17 heteroatoms. The first-order valence-corrected chi connectivity index (χ1v) is 27.8. The summed E-state index contributed by atoms with van der Waals surface area (Å²) >= 11 is 0. The lowest BCUT2D eigenvalue weighted by atomic mass is 10.1. The van der Waals surface area contributed by atoms with E-state index in [1.54, 1.807) is 19.5 Å². The zero-order valence-corrected chi connectivity index (χ0v) is 45.7. The van der Waals surface area contributed by atoms with Crippen molar-refractivity contribution in [2.24, 2.45) is 10.9 Å². The Balaban J connectivity index is 0.000000867. The lowest BCUT2D eigenvalue weighted by molar-refractivity contribution is 0.0161. The monoisotopic (exact) mass is 1020 g/mol. The van der Waals surface area contributed by atoms with Crippen molar-refractivity contribution in [3.8, 4) is 0 Å². The molecule has 4 aromatic rings. The Kier molecular flexibility index (Phi) is 30.5. The van der Waals surface area contributed by atoms with Crippen molar-refractivity contribution in [1.29, 1.82) is 10.8 Å². The summed E-state index contributed by atoms with van der Waals surface area (Å²) < 4.78 is 42.3. The summed E-state index contributed by atoms with van der Waals surface area (Å²) in [6.45, 7) is 29.9. The van der Waals surface area contributed by atoms with Gasteiger partial charge in [-0.25, -0.2) is 16.0 Å². The molecule has 0 unspecified atom stereocenters. The first-order valence-electron chi connectivity index (χ1n) is 25.1. The molecular formula is C55H90N10O6S. The maximum absolute atomic E-state index is 7.92. The summed E-state index contributed by atoms with van der Waals surface area (Å²) in [6.07, 6.45) is 6.84. The van der Waals surface area contributed by atoms with Crippen LogP contribution in [0.5, 0.6) is 0 Å². The standard InChI is InChI=1S/C39H73N9O6S.C8H9N.C8H8/c1-8-36-17-13-15-20-39(36)35-44-55(7,45-42-6,48(41)43-34-38-19-16-14-18-37(38)33-40,53-31-29-51-27-25-49-23-21-46(9-2)10-3)54-32-30-52-28-26-50-24-22-47(11-4)12-5;1-7-4-2-3-5-8(7)6-9;1-7-5-3-4-6-8(7)2/h13-20,33-34,40,42,44-45H,8-12,21-32,35,41H2,1-7H3;2-6,9H,1H3;3-6H,1-2H2/b40-33?,43-34+;;. The van der Waals surface area contributed by atoms with E-state index in [0.29, 0.717) is 57.3 Å². The number of hydrazone groups is 1. The number of likely N-dealkylation sites (N-methyl/N-ethyl adjacent to an activating group) is 2. The maximum Gasteiger partial charge on any atom is 0.0964 e. The van der Waals surface area contributed by atoms with Crippen LogP contribution in [0, 0.1) is 17.7 Å². The summed E-state index contributed by atoms with van der Waals surface area (Å²) in [5, 5.41) is 21.6. The fraction of sp³-hybridized carbons (Fsp3) is 0.473. The molecule has 0 aliphatic rings. The van der Waals surface area contributed by atoms with Crippen molar-refractivity contribution in [3.05, 3.63) is 141 Å². The van der Waals surface area contributed by atoms with Gasteiger partial charge in [-0.1, -0.05) is 145 Å².